The molecule has 0 bridgehead atoms. The highest BCUT2D eigenvalue weighted by atomic mass is 35.5. The summed E-state index contributed by atoms with van der Waals surface area (Å²) in [6.07, 6.45) is 1.77. The first kappa shape index (κ1) is 21.9. The molecule has 1 amide bonds. The van der Waals surface area contributed by atoms with Crippen LogP contribution < -0.4 is 10.1 Å². The molecule has 6 nitrogen and oxygen atoms in total. The molecule has 0 radical (unpaired) electrons. The predicted octanol–water partition coefficient (Wildman–Crippen LogP) is 4.68. The van der Waals surface area contributed by atoms with E-state index in [0.717, 1.165) is 18.6 Å². The Hall–Kier alpha value is -2.38. The highest BCUT2D eigenvalue weighted by Gasteiger charge is 2.16. The summed E-state index contributed by atoms with van der Waals surface area (Å²) < 4.78 is 27.6. The van der Waals surface area contributed by atoms with Gasteiger partial charge in [0.2, 0.25) is 0 Å². The molecule has 0 fully saturated rings. The largest absolute Gasteiger partial charge is 0.280 e. The van der Waals surface area contributed by atoms with E-state index in [2.05, 4.69) is 29.1 Å². The van der Waals surface area contributed by atoms with Crippen molar-refractivity contribution >= 4 is 38.9 Å². The number of benzene rings is 2. The molecule has 0 aliphatic rings. The Morgan fingerprint density at radius 2 is 1.82 bits per heavy atom. The van der Waals surface area contributed by atoms with Crippen LogP contribution in [0.4, 0.5) is 5.69 Å². The summed E-state index contributed by atoms with van der Waals surface area (Å²) in [6, 6.07) is 12.1. The smallest absolute Gasteiger partial charge is 0.271 e. The van der Waals surface area contributed by atoms with Crippen molar-refractivity contribution < 1.29 is 13.2 Å². The van der Waals surface area contributed by atoms with Crippen LogP contribution in [0.3, 0.4) is 0 Å². The second-order valence-electron chi connectivity index (χ2n) is 6.86. The topological polar surface area (TPSA) is 87.6 Å². The van der Waals surface area contributed by atoms with Gasteiger partial charge in [-0.3, -0.25) is 9.52 Å². The second kappa shape index (κ2) is 9.71. The molecule has 0 atom stereocenters. The summed E-state index contributed by atoms with van der Waals surface area (Å²) in [5.74, 6) is 0.0864. The molecule has 0 aromatic heterocycles. The first-order valence-electron chi connectivity index (χ1n) is 8.89. The number of rotatable bonds is 8. The van der Waals surface area contributed by atoms with Gasteiger partial charge in [-0.2, -0.15) is 5.10 Å². The lowest BCUT2D eigenvalue weighted by Crippen LogP contribution is -2.20. The third-order valence-corrected chi connectivity index (χ3v) is 5.57. The molecule has 150 valence electrons. The third-order valence-electron chi connectivity index (χ3n) is 3.93. The van der Waals surface area contributed by atoms with E-state index in [1.165, 1.54) is 24.3 Å². The molecule has 8 heteroatoms. The van der Waals surface area contributed by atoms with Gasteiger partial charge in [0, 0.05) is 22.0 Å². The summed E-state index contributed by atoms with van der Waals surface area (Å²) in [5, 5.41) is 4.59. The molecule has 0 unspecified atom stereocenters. The van der Waals surface area contributed by atoms with Crippen molar-refractivity contribution in [2.45, 2.75) is 38.5 Å². The lowest BCUT2D eigenvalue weighted by atomic mass is 10.1. The van der Waals surface area contributed by atoms with Crippen molar-refractivity contribution in [1.29, 1.82) is 0 Å². The highest BCUT2D eigenvalue weighted by molar-refractivity contribution is 7.92. The maximum absolute atomic E-state index is 12.6. The minimum Gasteiger partial charge on any atom is -0.280 e. The molecule has 2 aromatic carbocycles. The zero-order chi connectivity index (χ0) is 20.7. The van der Waals surface area contributed by atoms with Crippen molar-refractivity contribution in [3.8, 4) is 0 Å². The van der Waals surface area contributed by atoms with E-state index in [9.17, 15) is 13.2 Å². The van der Waals surface area contributed by atoms with Gasteiger partial charge in [-0.15, -0.1) is 0 Å². The summed E-state index contributed by atoms with van der Waals surface area (Å²) in [5.41, 5.74) is 3.88. The van der Waals surface area contributed by atoms with Crippen LogP contribution in [0.5, 0.6) is 0 Å². The Kier molecular flexibility index (Phi) is 7.60. The molecule has 2 rings (SSSR count). The first-order valence-corrected chi connectivity index (χ1v) is 10.8. The van der Waals surface area contributed by atoms with Crippen LogP contribution in [0.25, 0.3) is 0 Å². The van der Waals surface area contributed by atoms with Crippen molar-refractivity contribution in [1.82, 2.24) is 5.43 Å². The summed E-state index contributed by atoms with van der Waals surface area (Å²) >= 11 is 5.81. The fourth-order valence-electron chi connectivity index (χ4n) is 2.30. The van der Waals surface area contributed by atoms with E-state index in [1.54, 1.807) is 24.3 Å². The van der Waals surface area contributed by atoms with Crippen molar-refractivity contribution in [3.05, 3.63) is 59.1 Å². The molecule has 2 N–H and O–H groups in total. The second-order valence-corrected chi connectivity index (χ2v) is 8.98. The average Bonchev–Trinajstić information content (AvgIpc) is 2.66. The fraction of sp³-hybridized carbons (Fsp3) is 0.300. The molecular weight excluding hydrogens is 398 g/mol. The van der Waals surface area contributed by atoms with Gasteiger partial charge < -0.3 is 0 Å². The average molecular weight is 422 g/mol. The van der Waals surface area contributed by atoms with Gasteiger partial charge in [-0.05, 0) is 68.1 Å². The number of nitrogens with zero attached hydrogens (tertiary/aromatic N) is 1. The highest BCUT2D eigenvalue weighted by Crippen LogP contribution is 2.19. The van der Waals surface area contributed by atoms with Gasteiger partial charge in [-0.25, -0.2) is 13.8 Å². The summed E-state index contributed by atoms with van der Waals surface area (Å²) in [4.78, 5) is 12.3. The Bertz CT molecular complexity index is 955. The molecule has 0 heterocycles. The number of amides is 1. The third kappa shape index (κ3) is 6.65. The van der Waals surface area contributed by atoms with Crippen LogP contribution in [0.1, 0.15) is 44.0 Å². The van der Waals surface area contributed by atoms with Crippen molar-refractivity contribution in [3.63, 3.8) is 0 Å². The van der Waals surface area contributed by atoms with Gasteiger partial charge in [-0.1, -0.05) is 31.5 Å². The van der Waals surface area contributed by atoms with Crippen molar-refractivity contribution in [2.24, 2.45) is 11.0 Å². The Morgan fingerprint density at radius 3 is 2.46 bits per heavy atom. The van der Waals surface area contributed by atoms with Crippen LogP contribution in [-0.4, -0.2) is 20.0 Å². The van der Waals surface area contributed by atoms with E-state index in [-0.39, 0.29) is 10.5 Å². The molecule has 28 heavy (non-hydrogen) atoms. The van der Waals surface area contributed by atoms with Gasteiger partial charge >= 0.3 is 0 Å². The number of hydrazone groups is 1. The molecule has 0 saturated heterocycles. The summed E-state index contributed by atoms with van der Waals surface area (Å²) in [7, 11) is -3.84. The normalized spacial score (nSPS) is 12.1. The predicted molar refractivity (Wildman–Crippen MR) is 113 cm³/mol. The number of carbonyl (C=O) groups is 1. The van der Waals surface area contributed by atoms with Crippen LogP contribution in [-0.2, 0) is 10.0 Å². The number of hydrogen-bond acceptors (Lipinski definition) is 4. The molecule has 2 aromatic rings. The molecule has 0 aliphatic carbocycles. The van der Waals surface area contributed by atoms with Gasteiger partial charge in [0.25, 0.3) is 15.9 Å². The van der Waals surface area contributed by atoms with Gasteiger partial charge in [0.15, 0.2) is 0 Å². The Morgan fingerprint density at radius 1 is 1.14 bits per heavy atom. The van der Waals surface area contributed by atoms with E-state index < -0.39 is 15.9 Å². The molecular formula is C20H24ClN3O3S. The number of sulfonamides is 1. The van der Waals surface area contributed by atoms with E-state index in [0.29, 0.717) is 16.6 Å². The Labute approximate surface area is 171 Å². The lowest BCUT2D eigenvalue weighted by molar-refractivity contribution is 0.0954. The monoisotopic (exact) mass is 421 g/mol. The number of anilines is 1. The van der Waals surface area contributed by atoms with E-state index >= 15 is 0 Å². The van der Waals surface area contributed by atoms with Gasteiger partial charge in [0.1, 0.15) is 0 Å². The first-order chi connectivity index (χ1) is 13.2. The molecule has 0 spiro atoms. The Balaban J connectivity index is 2.10. The number of carbonyl (C=O) groups excluding carboxylic acids is 1. The van der Waals surface area contributed by atoms with Crippen LogP contribution >= 0.6 is 11.6 Å². The molecule has 0 aliphatic heterocycles. The zero-order valence-electron chi connectivity index (χ0n) is 16.1. The summed E-state index contributed by atoms with van der Waals surface area (Å²) in [6.45, 7) is 6.09. The van der Waals surface area contributed by atoms with Crippen molar-refractivity contribution in [2.75, 3.05) is 4.72 Å². The number of hydrogen-bond donors (Lipinski definition) is 2. The fourth-order valence-corrected chi connectivity index (χ4v) is 3.53. The van der Waals surface area contributed by atoms with Crippen LogP contribution in [0.15, 0.2) is 58.5 Å². The number of halogens is 1. The SMILES string of the molecule is C/C(CCC(C)C)=N\NC(=O)c1cccc(S(=O)(=O)Nc2ccc(Cl)cc2)c1. The standard InChI is InChI=1S/C20H24ClN3O3S/c1-14(2)7-8-15(3)22-23-20(25)16-5-4-6-19(13-16)28(26,27)24-18-11-9-17(21)10-12-18/h4-6,9-14,24H,7-8H2,1-3H3,(H,23,25)/b22-15+. The lowest BCUT2D eigenvalue weighted by Gasteiger charge is -2.09. The van der Waals surface area contributed by atoms with E-state index in [4.69, 9.17) is 11.6 Å². The van der Waals surface area contributed by atoms with Gasteiger partial charge in [0.05, 0.1) is 4.90 Å². The maximum atomic E-state index is 12.6. The van der Waals surface area contributed by atoms with Crippen LogP contribution in [0, 0.1) is 5.92 Å². The minimum atomic E-state index is -3.84. The zero-order valence-corrected chi connectivity index (χ0v) is 17.6. The maximum Gasteiger partial charge on any atom is 0.271 e. The number of nitrogens with one attached hydrogen (secondary N) is 2. The quantitative estimate of drug-likeness (QED) is 0.479. The van der Waals surface area contributed by atoms with E-state index in [1.807, 2.05) is 6.92 Å². The van der Waals surface area contributed by atoms with Crippen LogP contribution in [0.2, 0.25) is 5.02 Å². The minimum absolute atomic E-state index is 0.0180. The molecule has 0 saturated carbocycles.